The van der Waals surface area contributed by atoms with Crippen LogP contribution >= 0.6 is 0 Å². The second kappa shape index (κ2) is 6.60. The van der Waals surface area contributed by atoms with Gasteiger partial charge >= 0.3 is 0 Å². The highest BCUT2D eigenvalue weighted by atomic mass is 16.2. The number of rotatable bonds is 3. The Morgan fingerprint density at radius 1 is 0.957 bits per heavy atom. The quantitative estimate of drug-likeness (QED) is 0.642. The zero-order chi connectivity index (χ0) is 16.2. The van der Waals surface area contributed by atoms with Gasteiger partial charge < -0.3 is 9.80 Å². The van der Waals surface area contributed by atoms with Gasteiger partial charge in [-0.2, -0.15) is 0 Å². The fraction of sp³-hybridized carbons (Fsp3) is 0.278. The first-order chi connectivity index (χ1) is 11.1. The molecular weight excluding hydrogens is 290 g/mol. The van der Waals surface area contributed by atoms with Gasteiger partial charge in [0.05, 0.1) is 0 Å². The summed E-state index contributed by atoms with van der Waals surface area (Å²) in [6.45, 7) is 4.39. The summed E-state index contributed by atoms with van der Waals surface area (Å²) in [7, 11) is 0. The number of anilines is 1. The molecule has 0 radical (unpaired) electrons. The van der Waals surface area contributed by atoms with Crippen molar-refractivity contribution >= 4 is 17.5 Å². The van der Waals surface area contributed by atoms with Crippen LogP contribution in [0.3, 0.4) is 0 Å². The lowest BCUT2D eigenvalue weighted by Crippen LogP contribution is -2.50. The van der Waals surface area contributed by atoms with E-state index in [1.54, 1.807) is 23.2 Å². The number of benzene rings is 1. The van der Waals surface area contributed by atoms with E-state index >= 15 is 0 Å². The van der Waals surface area contributed by atoms with Gasteiger partial charge in [-0.15, -0.1) is 0 Å². The van der Waals surface area contributed by atoms with Crippen molar-refractivity contribution in [1.29, 1.82) is 0 Å². The monoisotopic (exact) mass is 309 g/mol. The highest BCUT2D eigenvalue weighted by Crippen LogP contribution is 2.14. The average molecular weight is 309 g/mol. The minimum absolute atomic E-state index is 0.422. The molecule has 1 aliphatic rings. The topological polar surface area (TPSA) is 53.5 Å². The lowest BCUT2D eigenvalue weighted by Gasteiger charge is -2.35. The van der Waals surface area contributed by atoms with Gasteiger partial charge in [-0.05, 0) is 19.1 Å². The smallest absolute Gasteiger partial charge is 0.295 e. The summed E-state index contributed by atoms with van der Waals surface area (Å²) < 4.78 is 0. The van der Waals surface area contributed by atoms with Gasteiger partial charge in [0.1, 0.15) is 5.82 Å². The molecule has 1 fully saturated rings. The highest BCUT2D eigenvalue weighted by molar-refractivity contribution is 6.42. The Morgan fingerprint density at radius 2 is 1.65 bits per heavy atom. The molecule has 1 aliphatic heterocycles. The number of carbonyl (C=O) groups excluding carboxylic acids is 2. The number of aryl methyl sites for hydroxylation is 1. The van der Waals surface area contributed by atoms with Crippen molar-refractivity contribution in [2.45, 2.75) is 6.92 Å². The Hall–Kier alpha value is -2.69. The molecule has 1 aromatic heterocycles. The van der Waals surface area contributed by atoms with Crippen LogP contribution in [-0.4, -0.2) is 47.8 Å². The van der Waals surface area contributed by atoms with E-state index in [0.717, 1.165) is 11.4 Å². The summed E-state index contributed by atoms with van der Waals surface area (Å²) in [4.78, 5) is 32.7. The number of piperazine rings is 1. The molecule has 23 heavy (non-hydrogen) atoms. The van der Waals surface area contributed by atoms with Gasteiger partial charge in [0, 0.05) is 37.9 Å². The lowest BCUT2D eigenvalue weighted by atomic mass is 10.1. The molecule has 0 atom stereocenters. The minimum atomic E-state index is -0.434. The Labute approximate surface area is 135 Å². The Morgan fingerprint density at radius 3 is 2.26 bits per heavy atom. The second-order valence-electron chi connectivity index (χ2n) is 5.66. The van der Waals surface area contributed by atoms with Crippen LogP contribution in [0, 0.1) is 6.92 Å². The number of aromatic nitrogens is 1. The van der Waals surface area contributed by atoms with Crippen LogP contribution in [0.2, 0.25) is 0 Å². The summed E-state index contributed by atoms with van der Waals surface area (Å²) in [5.74, 6) is 0.0512. The van der Waals surface area contributed by atoms with Crippen LogP contribution in [-0.2, 0) is 4.79 Å². The summed E-state index contributed by atoms with van der Waals surface area (Å²) in [6.07, 6.45) is 1.76. The highest BCUT2D eigenvalue weighted by Gasteiger charge is 2.27. The van der Waals surface area contributed by atoms with E-state index < -0.39 is 11.7 Å². The van der Waals surface area contributed by atoms with Crippen molar-refractivity contribution in [1.82, 2.24) is 9.88 Å². The third-order valence-electron chi connectivity index (χ3n) is 4.05. The first kappa shape index (κ1) is 15.2. The van der Waals surface area contributed by atoms with Crippen molar-refractivity contribution in [2.24, 2.45) is 0 Å². The predicted octanol–water partition coefficient (Wildman–Crippen LogP) is 1.92. The van der Waals surface area contributed by atoms with E-state index in [-0.39, 0.29) is 0 Å². The van der Waals surface area contributed by atoms with Crippen LogP contribution < -0.4 is 4.90 Å². The summed E-state index contributed by atoms with van der Waals surface area (Å²) >= 11 is 0. The number of nitrogens with zero attached hydrogens (tertiary/aromatic N) is 3. The van der Waals surface area contributed by atoms with E-state index in [1.807, 2.05) is 37.3 Å². The number of Topliss-reactive ketones (excluding diaryl/α,β-unsaturated/α-hetero) is 1. The molecule has 1 aromatic carbocycles. The van der Waals surface area contributed by atoms with Crippen LogP contribution in [0.5, 0.6) is 0 Å². The molecule has 5 heteroatoms. The SMILES string of the molecule is Cc1ccc(C(=O)C(=O)N2CCN(c3ccccn3)CC2)cc1. The molecule has 3 rings (SSSR count). The molecule has 2 aromatic rings. The van der Waals surface area contributed by atoms with E-state index in [1.165, 1.54) is 0 Å². The lowest BCUT2D eigenvalue weighted by molar-refractivity contribution is -0.126. The van der Waals surface area contributed by atoms with Crippen molar-refractivity contribution < 1.29 is 9.59 Å². The molecule has 0 aliphatic carbocycles. The number of hydrogen-bond acceptors (Lipinski definition) is 4. The molecule has 0 N–H and O–H groups in total. The third kappa shape index (κ3) is 3.39. The van der Waals surface area contributed by atoms with E-state index in [9.17, 15) is 9.59 Å². The van der Waals surface area contributed by atoms with Crippen LogP contribution in [0.25, 0.3) is 0 Å². The first-order valence-corrected chi connectivity index (χ1v) is 7.71. The molecule has 5 nitrogen and oxygen atoms in total. The van der Waals surface area contributed by atoms with Gasteiger partial charge in [-0.1, -0.05) is 35.9 Å². The fourth-order valence-electron chi connectivity index (χ4n) is 2.65. The summed E-state index contributed by atoms with van der Waals surface area (Å²) in [5.41, 5.74) is 1.52. The molecule has 0 saturated carbocycles. The van der Waals surface area contributed by atoms with Gasteiger partial charge in [0.25, 0.3) is 5.91 Å². The van der Waals surface area contributed by atoms with Crippen LogP contribution in [0.4, 0.5) is 5.82 Å². The van der Waals surface area contributed by atoms with Gasteiger partial charge in [0.15, 0.2) is 0 Å². The number of carbonyl (C=O) groups is 2. The maximum atomic E-state index is 12.4. The standard InChI is InChI=1S/C18H19N3O2/c1-14-5-7-15(8-6-14)17(22)18(23)21-12-10-20(11-13-21)16-4-2-3-9-19-16/h2-9H,10-13H2,1H3. The van der Waals surface area contributed by atoms with E-state index in [4.69, 9.17) is 0 Å². The molecule has 2 heterocycles. The van der Waals surface area contributed by atoms with E-state index in [2.05, 4.69) is 9.88 Å². The zero-order valence-electron chi connectivity index (χ0n) is 13.1. The normalized spacial score (nSPS) is 14.7. The number of hydrogen-bond donors (Lipinski definition) is 0. The second-order valence-corrected chi connectivity index (χ2v) is 5.66. The minimum Gasteiger partial charge on any atom is -0.353 e. The fourth-order valence-corrected chi connectivity index (χ4v) is 2.65. The Bertz CT molecular complexity index is 690. The molecule has 0 bridgehead atoms. The Balaban J connectivity index is 1.62. The van der Waals surface area contributed by atoms with E-state index in [0.29, 0.717) is 31.7 Å². The maximum absolute atomic E-state index is 12.4. The molecule has 1 amide bonds. The molecule has 0 unspecified atom stereocenters. The van der Waals surface area contributed by atoms with Crippen molar-refractivity contribution in [2.75, 3.05) is 31.1 Å². The predicted molar refractivity (Wildman–Crippen MR) is 88.5 cm³/mol. The summed E-state index contributed by atoms with van der Waals surface area (Å²) in [5, 5.41) is 0. The third-order valence-corrected chi connectivity index (χ3v) is 4.05. The van der Waals surface area contributed by atoms with Crippen molar-refractivity contribution in [3.63, 3.8) is 0 Å². The molecular formula is C18H19N3O2. The zero-order valence-corrected chi connectivity index (χ0v) is 13.1. The maximum Gasteiger partial charge on any atom is 0.295 e. The van der Waals surface area contributed by atoms with Crippen molar-refractivity contribution in [3.8, 4) is 0 Å². The van der Waals surface area contributed by atoms with Gasteiger partial charge in [-0.25, -0.2) is 4.98 Å². The summed E-state index contributed by atoms with van der Waals surface area (Å²) in [6, 6.07) is 12.9. The van der Waals surface area contributed by atoms with Crippen LogP contribution in [0.1, 0.15) is 15.9 Å². The largest absolute Gasteiger partial charge is 0.353 e. The van der Waals surface area contributed by atoms with Crippen molar-refractivity contribution in [3.05, 3.63) is 59.8 Å². The molecule has 0 spiro atoms. The molecule has 1 saturated heterocycles. The molecule has 118 valence electrons. The number of amides is 1. The Kier molecular flexibility index (Phi) is 4.37. The van der Waals surface area contributed by atoms with Gasteiger partial charge in [0.2, 0.25) is 5.78 Å². The van der Waals surface area contributed by atoms with Crippen LogP contribution in [0.15, 0.2) is 48.7 Å². The number of pyridine rings is 1. The number of ketones is 1. The first-order valence-electron chi connectivity index (χ1n) is 7.71. The van der Waals surface area contributed by atoms with Gasteiger partial charge in [-0.3, -0.25) is 9.59 Å². The average Bonchev–Trinajstić information content (AvgIpc) is 2.62.